The number of nitrogens with zero attached hydrogens (tertiary/aromatic N) is 2. The van der Waals surface area contributed by atoms with Crippen molar-refractivity contribution in [2.75, 3.05) is 26.3 Å². The standard InChI is InChI=1S/C14H21N3O2S/c18-14(16-12-3-8-19-9-4-12)17-6-1-11(2-7-17)13-15-5-10-20-13/h5,10-12H,1-4,6-9H2,(H,16,18). The number of rotatable bonds is 2. The summed E-state index contributed by atoms with van der Waals surface area (Å²) in [6.45, 7) is 3.19. The van der Waals surface area contributed by atoms with Crippen LogP contribution in [0.2, 0.25) is 0 Å². The fraction of sp³-hybridized carbons (Fsp3) is 0.714. The molecule has 20 heavy (non-hydrogen) atoms. The van der Waals surface area contributed by atoms with E-state index in [0.29, 0.717) is 5.92 Å². The van der Waals surface area contributed by atoms with E-state index in [1.165, 1.54) is 5.01 Å². The molecular formula is C14H21N3O2S. The maximum Gasteiger partial charge on any atom is 0.317 e. The number of nitrogens with one attached hydrogen (secondary N) is 1. The van der Waals surface area contributed by atoms with E-state index in [4.69, 9.17) is 4.74 Å². The third kappa shape index (κ3) is 3.30. The second-order valence-electron chi connectivity index (χ2n) is 5.47. The lowest BCUT2D eigenvalue weighted by Gasteiger charge is -2.33. The van der Waals surface area contributed by atoms with Gasteiger partial charge in [0.05, 0.1) is 5.01 Å². The smallest absolute Gasteiger partial charge is 0.317 e. The zero-order valence-electron chi connectivity index (χ0n) is 11.6. The summed E-state index contributed by atoms with van der Waals surface area (Å²) in [5.41, 5.74) is 0. The molecule has 6 heteroatoms. The highest BCUT2D eigenvalue weighted by Crippen LogP contribution is 2.29. The maximum absolute atomic E-state index is 12.2. The topological polar surface area (TPSA) is 54.5 Å². The summed E-state index contributed by atoms with van der Waals surface area (Å²) in [6.07, 6.45) is 5.77. The van der Waals surface area contributed by atoms with Crippen LogP contribution in [-0.4, -0.2) is 48.3 Å². The molecule has 2 aliphatic heterocycles. The zero-order valence-corrected chi connectivity index (χ0v) is 12.4. The SMILES string of the molecule is O=C(NC1CCOCC1)N1CCC(c2nccs2)CC1. The summed E-state index contributed by atoms with van der Waals surface area (Å²) in [6, 6.07) is 0.377. The van der Waals surface area contributed by atoms with Crippen molar-refractivity contribution in [2.24, 2.45) is 0 Å². The molecule has 1 aromatic rings. The number of hydrogen-bond acceptors (Lipinski definition) is 4. The average molecular weight is 295 g/mol. The third-order valence-corrected chi connectivity index (χ3v) is 5.07. The van der Waals surface area contributed by atoms with Crippen LogP contribution < -0.4 is 5.32 Å². The number of carbonyl (C=O) groups is 1. The van der Waals surface area contributed by atoms with Crippen molar-refractivity contribution in [3.8, 4) is 0 Å². The summed E-state index contributed by atoms with van der Waals surface area (Å²) in [5, 5.41) is 6.38. The molecular weight excluding hydrogens is 274 g/mol. The first-order valence-corrected chi connectivity index (χ1v) is 8.23. The molecule has 2 saturated heterocycles. The monoisotopic (exact) mass is 295 g/mol. The number of likely N-dealkylation sites (tertiary alicyclic amines) is 1. The van der Waals surface area contributed by atoms with Gasteiger partial charge < -0.3 is 15.0 Å². The van der Waals surface area contributed by atoms with Crippen LogP contribution in [-0.2, 0) is 4.74 Å². The van der Waals surface area contributed by atoms with Gasteiger partial charge in [0, 0.05) is 49.8 Å². The van der Waals surface area contributed by atoms with Crippen LogP contribution in [0.25, 0.3) is 0 Å². The Morgan fingerprint density at radius 1 is 1.30 bits per heavy atom. The van der Waals surface area contributed by atoms with E-state index in [0.717, 1.165) is 52.0 Å². The van der Waals surface area contributed by atoms with Gasteiger partial charge in [-0.2, -0.15) is 0 Å². The van der Waals surface area contributed by atoms with Crippen molar-refractivity contribution in [1.29, 1.82) is 0 Å². The van der Waals surface area contributed by atoms with Crippen LogP contribution in [0.4, 0.5) is 4.79 Å². The molecule has 5 nitrogen and oxygen atoms in total. The molecule has 0 atom stereocenters. The lowest BCUT2D eigenvalue weighted by Crippen LogP contribution is -2.48. The summed E-state index contributed by atoms with van der Waals surface area (Å²) in [4.78, 5) is 18.6. The number of aromatic nitrogens is 1. The number of carbonyl (C=O) groups excluding carboxylic acids is 1. The van der Waals surface area contributed by atoms with Gasteiger partial charge in [-0.3, -0.25) is 0 Å². The van der Waals surface area contributed by atoms with Gasteiger partial charge in [0.25, 0.3) is 0 Å². The van der Waals surface area contributed by atoms with Crippen LogP contribution >= 0.6 is 11.3 Å². The summed E-state index contributed by atoms with van der Waals surface area (Å²) >= 11 is 1.72. The van der Waals surface area contributed by atoms with Crippen molar-refractivity contribution < 1.29 is 9.53 Å². The minimum absolute atomic E-state index is 0.0921. The lowest BCUT2D eigenvalue weighted by atomic mass is 9.98. The van der Waals surface area contributed by atoms with Crippen molar-refractivity contribution in [1.82, 2.24) is 15.2 Å². The normalized spacial score (nSPS) is 21.9. The molecule has 0 saturated carbocycles. The molecule has 1 aromatic heterocycles. The Balaban J connectivity index is 1.46. The van der Waals surface area contributed by atoms with Crippen LogP contribution in [0.1, 0.15) is 36.6 Å². The minimum atomic E-state index is 0.0921. The Morgan fingerprint density at radius 3 is 2.70 bits per heavy atom. The molecule has 0 radical (unpaired) electrons. The van der Waals surface area contributed by atoms with E-state index in [1.807, 2.05) is 16.5 Å². The van der Waals surface area contributed by atoms with Crippen molar-refractivity contribution in [2.45, 2.75) is 37.6 Å². The highest BCUT2D eigenvalue weighted by atomic mass is 32.1. The van der Waals surface area contributed by atoms with E-state index >= 15 is 0 Å². The molecule has 110 valence electrons. The Kier molecular flexibility index (Phi) is 4.52. The molecule has 0 spiro atoms. The predicted molar refractivity (Wildman–Crippen MR) is 78.0 cm³/mol. The molecule has 0 aliphatic carbocycles. The van der Waals surface area contributed by atoms with E-state index in [9.17, 15) is 4.79 Å². The van der Waals surface area contributed by atoms with Gasteiger partial charge in [-0.15, -0.1) is 11.3 Å². The first-order chi connectivity index (χ1) is 9.83. The predicted octanol–water partition coefficient (Wildman–Crippen LogP) is 2.21. The Bertz CT molecular complexity index is 424. The molecule has 0 unspecified atom stereocenters. The Hall–Kier alpha value is -1.14. The van der Waals surface area contributed by atoms with Gasteiger partial charge in [0.15, 0.2) is 0 Å². The number of ether oxygens (including phenoxy) is 1. The van der Waals surface area contributed by atoms with Crippen LogP contribution in [0, 0.1) is 0 Å². The van der Waals surface area contributed by atoms with Crippen LogP contribution in [0.3, 0.4) is 0 Å². The fourth-order valence-electron chi connectivity index (χ4n) is 2.87. The molecule has 1 N–H and O–H groups in total. The van der Waals surface area contributed by atoms with Gasteiger partial charge in [0.1, 0.15) is 0 Å². The van der Waals surface area contributed by atoms with Crippen molar-refractivity contribution in [3.63, 3.8) is 0 Å². The summed E-state index contributed by atoms with van der Waals surface area (Å²) in [5.74, 6) is 0.530. The number of thiazole rings is 1. The quantitative estimate of drug-likeness (QED) is 0.910. The van der Waals surface area contributed by atoms with E-state index < -0.39 is 0 Å². The van der Waals surface area contributed by atoms with Crippen molar-refractivity contribution >= 4 is 17.4 Å². The van der Waals surface area contributed by atoms with E-state index in [-0.39, 0.29) is 12.1 Å². The lowest BCUT2D eigenvalue weighted by molar-refractivity contribution is 0.0775. The highest BCUT2D eigenvalue weighted by Gasteiger charge is 2.26. The van der Waals surface area contributed by atoms with Crippen LogP contribution in [0.15, 0.2) is 11.6 Å². The molecule has 3 rings (SSSR count). The fourth-order valence-corrected chi connectivity index (χ4v) is 3.68. The number of urea groups is 1. The van der Waals surface area contributed by atoms with Crippen molar-refractivity contribution in [3.05, 3.63) is 16.6 Å². The largest absolute Gasteiger partial charge is 0.381 e. The average Bonchev–Trinajstić information content (AvgIpc) is 3.03. The summed E-state index contributed by atoms with van der Waals surface area (Å²) < 4.78 is 5.31. The molecule has 0 bridgehead atoms. The van der Waals surface area contributed by atoms with Gasteiger partial charge in [0.2, 0.25) is 0 Å². The molecule has 2 aliphatic rings. The molecule has 2 fully saturated rings. The number of amides is 2. The second-order valence-corrected chi connectivity index (χ2v) is 6.39. The highest BCUT2D eigenvalue weighted by molar-refractivity contribution is 7.09. The van der Waals surface area contributed by atoms with Gasteiger partial charge in [-0.1, -0.05) is 0 Å². The molecule has 2 amide bonds. The molecule has 3 heterocycles. The van der Waals surface area contributed by atoms with E-state index in [1.54, 1.807) is 11.3 Å². The number of piperidine rings is 1. The minimum Gasteiger partial charge on any atom is -0.381 e. The Morgan fingerprint density at radius 2 is 2.05 bits per heavy atom. The first-order valence-electron chi connectivity index (χ1n) is 7.35. The van der Waals surface area contributed by atoms with Gasteiger partial charge >= 0.3 is 6.03 Å². The molecule has 0 aromatic carbocycles. The number of hydrogen-bond donors (Lipinski definition) is 1. The third-order valence-electron chi connectivity index (χ3n) is 4.13. The Labute approximate surface area is 123 Å². The van der Waals surface area contributed by atoms with Crippen LogP contribution in [0.5, 0.6) is 0 Å². The summed E-state index contributed by atoms with van der Waals surface area (Å²) in [7, 11) is 0. The maximum atomic E-state index is 12.2. The zero-order chi connectivity index (χ0) is 13.8. The van der Waals surface area contributed by atoms with Gasteiger partial charge in [-0.25, -0.2) is 9.78 Å². The van der Waals surface area contributed by atoms with E-state index in [2.05, 4.69) is 10.3 Å². The van der Waals surface area contributed by atoms with Gasteiger partial charge in [-0.05, 0) is 25.7 Å². The first kappa shape index (κ1) is 13.8. The second kappa shape index (κ2) is 6.54.